The maximum absolute atomic E-state index is 11.5. The third-order valence-electron chi connectivity index (χ3n) is 1.59. The number of nitrogens with zero attached hydrogens (tertiary/aromatic N) is 2. The Labute approximate surface area is 107 Å². The van der Waals surface area contributed by atoms with Gasteiger partial charge in [-0.25, -0.2) is 5.43 Å². The molecule has 0 bridgehead atoms. The molecule has 0 aliphatic heterocycles. The van der Waals surface area contributed by atoms with Gasteiger partial charge < -0.3 is 10.8 Å². The lowest BCUT2D eigenvalue weighted by Crippen LogP contribution is -2.31. The van der Waals surface area contributed by atoms with E-state index in [0.29, 0.717) is 5.56 Å². The molecule has 0 saturated heterocycles. The number of carboxylic acid groups (broad SMARTS) is 1. The van der Waals surface area contributed by atoms with E-state index in [1.807, 2.05) is 0 Å². The molecule has 0 atom stereocenters. The van der Waals surface area contributed by atoms with Crippen molar-refractivity contribution in [1.82, 2.24) is 15.1 Å². The van der Waals surface area contributed by atoms with Crippen molar-refractivity contribution in [2.45, 2.75) is 0 Å². The fraction of sp³-hybridized carbons (Fsp3) is 0.111. The van der Waals surface area contributed by atoms with E-state index >= 15 is 0 Å². The van der Waals surface area contributed by atoms with Gasteiger partial charge in [0.15, 0.2) is 0 Å². The Morgan fingerprint density at radius 3 is 2.72 bits per heavy atom. The quantitative estimate of drug-likeness (QED) is 0.242. The van der Waals surface area contributed by atoms with E-state index in [-0.39, 0.29) is 11.7 Å². The molecular weight excluding hydrogens is 258 g/mol. The number of nitrogens with two attached hydrogens (primary N) is 1. The number of carbonyl (C=O) groups excluding carboxylic acids is 1. The zero-order valence-electron chi connectivity index (χ0n) is 9.16. The predicted molar refractivity (Wildman–Crippen MR) is 66.6 cm³/mol. The number of carboxylic acids is 1. The number of carbonyl (C=O) groups is 2. The van der Waals surface area contributed by atoms with Crippen molar-refractivity contribution < 1.29 is 14.7 Å². The lowest BCUT2D eigenvalue weighted by Gasteiger charge is -2.03. The molecule has 96 valence electrons. The molecule has 1 rings (SSSR count). The Hall–Kier alpha value is -2.29. The first-order valence-electron chi connectivity index (χ1n) is 4.72. The second kappa shape index (κ2) is 7.12. The number of hydrazone groups is 1. The van der Waals surface area contributed by atoms with Crippen LogP contribution in [0.2, 0.25) is 0 Å². The van der Waals surface area contributed by atoms with Crippen molar-refractivity contribution in [3.05, 3.63) is 30.1 Å². The third kappa shape index (κ3) is 5.16. The molecule has 1 heterocycles. The van der Waals surface area contributed by atoms with Gasteiger partial charge in [0.2, 0.25) is 5.96 Å². The van der Waals surface area contributed by atoms with E-state index in [9.17, 15) is 9.59 Å². The number of nitrogens with one attached hydrogen (secondary N) is 2. The predicted octanol–water partition coefficient (Wildman–Crippen LogP) is -0.637. The van der Waals surface area contributed by atoms with Gasteiger partial charge in [0.05, 0.1) is 0 Å². The van der Waals surface area contributed by atoms with E-state index in [1.165, 1.54) is 24.5 Å². The Morgan fingerprint density at radius 2 is 2.11 bits per heavy atom. The monoisotopic (exact) mass is 269 g/mol. The van der Waals surface area contributed by atoms with Crippen molar-refractivity contribution >= 4 is 29.8 Å². The number of guanidine groups is 1. The first-order chi connectivity index (χ1) is 8.59. The number of hydrogen-bond donors (Lipinski definition) is 4. The highest BCUT2D eigenvalue weighted by molar-refractivity contribution is 7.98. The van der Waals surface area contributed by atoms with E-state index in [1.54, 1.807) is 0 Å². The summed E-state index contributed by atoms with van der Waals surface area (Å²) >= 11 is 0.850. The maximum atomic E-state index is 11.5. The van der Waals surface area contributed by atoms with Gasteiger partial charge in [-0.05, 0) is 24.1 Å². The SMILES string of the molecule is N/C(=N/NC(=O)c1ccncc1)NSCC(=O)O. The smallest absolute Gasteiger partial charge is 0.315 e. The Bertz CT molecular complexity index is 451. The van der Waals surface area contributed by atoms with Crippen molar-refractivity contribution in [1.29, 1.82) is 0 Å². The zero-order valence-corrected chi connectivity index (χ0v) is 9.98. The van der Waals surface area contributed by atoms with E-state index in [2.05, 4.69) is 20.2 Å². The lowest BCUT2D eigenvalue weighted by molar-refractivity contribution is -0.133. The Balaban J connectivity index is 2.39. The molecule has 0 radical (unpaired) electrons. The molecule has 1 aromatic heterocycles. The summed E-state index contributed by atoms with van der Waals surface area (Å²) in [5.74, 6) is -1.69. The van der Waals surface area contributed by atoms with Gasteiger partial charge in [-0.1, -0.05) is 0 Å². The summed E-state index contributed by atoms with van der Waals surface area (Å²) in [6.45, 7) is 0. The molecule has 0 unspecified atom stereocenters. The van der Waals surface area contributed by atoms with Crippen LogP contribution in [0.4, 0.5) is 0 Å². The van der Waals surface area contributed by atoms with Crippen molar-refractivity contribution in [3.63, 3.8) is 0 Å². The number of hydrogen-bond acceptors (Lipinski definition) is 5. The largest absolute Gasteiger partial charge is 0.481 e. The van der Waals surface area contributed by atoms with Crippen LogP contribution in [0, 0.1) is 0 Å². The molecule has 1 amide bonds. The van der Waals surface area contributed by atoms with E-state index in [4.69, 9.17) is 10.8 Å². The molecule has 18 heavy (non-hydrogen) atoms. The highest BCUT2D eigenvalue weighted by atomic mass is 32.2. The number of amides is 1. The van der Waals surface area contributed by atoms with Gasteiger partial charge >= 0.3 is 5.97 Å². The summed E-state index contributed by atoms with van der Waals surface area (Å²) < 4.78 is 2.46. The Kier molecular flexibility index (Phi) is 5.45. The van der Waals surface area contributed by atoms with Crippen molar-refractivity contribution in [2.75, 3.05) is 5.75 Å². The summed E-state index contributed by atoms with van der Waals surface area (Å²) in [7, 11) is 0. The fourth-order valence-electron chi connectivity index (χ4n) is 0.873. The summed E-state index contributed by atoms with van der Waals surface area (Å²) in [6, 6.07) is 3.04. The van der Waals surface area contributed by atoms with Gasteiger partial charge in [0, 0.05) is 18.0 Å². The lowest BCUT2D eigenvalue weighted by atomic mass is 10.3. The van der Waals surface area contributed by atoms with Gasteiger partial charge in [-0.2, -0.15) is 0 Å². The number of rotatable bonds is 5. The minimum absolute atomic E-state index is 0.0938. The second-order valence-corrected chi connectivity index (χ2v) is 3.74. The van der Waals surface area contributed by atoms with Crippen LogP contribution >= 0.6 is 11.9 Å². The molecular formula is C9H11N5O3S. The van der Waals surface area contributed by atoms with Crippen LogP contribution in [0.3, 0.4) is 0 Å². The average Bonchev–Trinajstić information content (AvgIpc) is 2.36. The van der Waals surface area contributed by atoms with Crippen LogP contribution in [-0.2, 0) is 4.79 Å². The van der Waals surface area contributed by atoms with Crippen LogP contribution in [0.25, 0.3) is 0 Å². The molecule has 0 aliphatic rings. The molecule has 0 spiro atoms. The first-order valence-corrected chi connectivity index (χ1v) is 5.71. The molecule has 0 saturated carbocycles. The van der Waals surface area contributed by atoms with Gasteiger partial charge in [0.1, 0.15) is 5.75 Å². The van der Waals surface area contributed by atoms with E-state index in [0.717, 1.165) is 11.9 Å². The molecule has 1 aromatic rings. The minimum Gasteiger partial charge on any atom is -0.481 e. The van der Waals surface area contributed by atoms with Crippen LogP contribution in [0.1, 0.15) is 10.4 Å². The van der Waals surface area contributed by atoms with Crippen molar-refractivity contribution in [3.8, 4) is 0 Å². The second-order valence-electron chi connectivity index (χ2n) is 2.96. The van der Waals surface area contributed by atoms with Gasteiger partial charge in [0.25, 0.3) is 5.91 Å². The molecule has 9 heteroatoms. The van der Waals surface area contributed by atoms with Gasteiger partial charge in [-0.15, -0.1) is 5.10 Å². The normalized spacial score (nSPS) is 10.8. The van der Waals surface area contributed by atoms with Gasteiger partial charge in [-0.3, -0.25) is 19.3 Å². The van der Waals surface area contributed by atoms with Crippen LogP contribution in [-0.4, -0.2) is 33.7 Å². The highest BCUT2D eigenvalue weighted by Crippen LogP contribution is 1.95. The number of pyridine rings is 1. The average molecular weight is 269 g/mol. The summed E-state index contributed by atoms with van der Waals surface area (Å²) in [5, 5.41) is 11.9. The molecule has 0 fully saturated rings. The van der Waals surface area contributed by atoms with Crippen LogP contribution in [0.15, 0.2) is 29.6 Å². The summed E-state index contributed by atoms with van der Waals surface area (Å²) in [5.41, 5.74) is 7.98. The van der Waals surface area contributed by atoms with Crippen LogP contribution in [0.5, 0.6) is 0 Å². The highest BCUT2D eigenvalue weighted by Gasteiger charge is 2.03. The number of aromatic nitrogens is 1. The standard InChI is InChI=1S/C9H11N5O3S/c10-9(14-18-5-7(15)16)13-12-8(17)6-1-3-11-4-2-6/h1-4H,5H2,(H,12,17)(H,15,16)(H3,10,13,14). The third-order valence-corrected chi connectivity index (χ3v) is 2.34. The van der Waals surface area contributed by atoms with E-state index < -0.39 is 11.9 Å². The van der Waals surface area contributed by atoms with Crippen LogP contribution < -0.4 is 15.9 Å². The zero-order chi connectivity index (χ0) is 13.4. The number of aliphatic carboxylic acids is 1. The minimum atomic E-state index is -0.985. The molecule has 0 aliphatic carbocycles. The summed E-state index contributed by atoms with van der Waals surface area (Å²) in [6.07, 6.45) is 2.95. The first kappa shape index (κ1) is 13.8. The maximum Gasteiger partial charge on any atom is 0.315 e. The summed E-state index contributed by atoms with van der Waals surface area (Å²) in [4.78, 5) is 25.5. The fourth-order valence-corrected chi connectivity index (χ4v) is 1.26. The molecule has 5 N–H and O–H groups in total. The Morgan fingerprint density at radius 1 is 1.44 bits per heavy atom. The topological polar surface area (TPSA) is 130 Å². The molecule has 0 aromatic carbocycles. The van der Waals surface area contributed by atoms with Crippen molar-refractivity contribution in [2.24, 2.45) is 10.8 Å². The molecule has 8 nitrogen and oxygen atoms in total.